The molecule has 23 heavy (non-hydrogen) atoms. The van der Waals surface area contributed by atoms with Crippen molar-refractivity contribution in [3.05, 3.63) is 70.3 Å². The minimum Gasteiger partial charge on any atom is -0.495 e. The third kappa shape index (κ3) is 2.24. The van der Waals surface area contributed by atoms with Crippen LogP contribution in [0.2, 0.25) is 5.02 Å². The minimum absolute atomic E-state index is 0.201. The maximum atomic E-state index is 6.49. The summed E-state index contributed by atoms with van der Waals surface area (Å²) in [4.78, 5) is 0. The molecule has 118 valence electrons. The summed E-state index contributed by atoms with van der Waals surface area (Å²) in [7, 11) is 1.73. The third-order valence-electron chi connectivity index (χ3n) is 5.16. The van der Waals surface area contributed by atoms with E-state index in [1.54, 1.807) is 7.11 Å². The molecule has 2 nitrogen and oxygen atoms in total. The minimum atomic E-state index is 0.201. The zero-order valence-corrected chi connectivity index (χ0v) is 14.1. The number of anilines is 1. The molecule has 0 saturated heterocycles. The molecule has 0 unspecified atom stereocenters. The van der Waals surface area contributed by atoms with Crippen LogP contribution >= 0.6 is 11.6 Å². The molecule has 2 aromatic rings. The van der Waals surface area contributed by atoms with Gasteiger partial charge in [-0.1, -0.05) is 48.0 Å². The van der Waals surface area contributed by atoms with Crippen molar-refractivity contribution in [2.45, 2.75) is 25.3 Å². The zero-order valence-electron chi connectivity index (χ0n) is 13.3. The molecule has 0 fully saturated rings. The van der Waals surface area contributed by atoms with E-state index in [1.807, 2.05) is 18.2 Å². The average Bonchev–Trinajstić information content (AvgIpc) is 3.04. The van der Waals surface area contributed by atoms with Crippen molar-refractivity contribution < 1.29 is 4.74 Å². The molecule has 0 spiro atoms. The summed E-state index contributed by atoms with van der Waals surface area (Å²) in [5, 5.41) is 4.56. The topological polar surface area (TPSA) is 21.3 Å². The number of nitrogens with one attached hydrogen (secondary N) is 1. The fourth-order valence-electron chi connectivity index (χ4n) is 4.08. The van der Waals surface area contributed by atoms with Crippen molar-refractivity contribution in [2.24, 2.45) is 5.92 Å². The quantitative estimate of drug-likeness (QED) is 0.738. The molecule has 2 aliphatic rings. The van der Waals surface area contributed by atoms with Crippen LogP contribution in [0.15, 0.2) is 48.6 Å². The van der Waals surface area contributed by atoms with Gasteiger partial charge in [-0.3, -0.25) is 0 Å². The van der Waals surface area contributed by atoms with E-state index in [1.165, 1.54) is 16.7 Å². The number of rotatable bonds is 2. The Hall–Kier alpha value is -1.93. The summed E-state index contributed by atoms with van der Waals surface area (Å²) in [6.45, 7) is 2.18. The van der Waals surface area contributed by atoms with Crippen molar-refractivity contribution in [3.63, 3.8) is 0 Å². The number of ether oxygens (including phenoxy) is 1. The number of allylic oxidation sites excluding steroid dienone is 2. The van der Waals surface area contributed by atoms with Gasteiger partial charge in [0.25, 0.3) is 0 Å². The maximum absolute atomic E-state index is 6.49. The van der Waals surface area contributed by atoms with Crippen molar-refractivity contribution in [1.82, 2.24) is 0 Å². The van der Waals surface area contributed by atoms with Crippen LogP contribution in [-0.2, 0) is 0 Å². The molecule has 0 radical (unpaired) electrons. The van der Waals surface area contributed by atoms with Gasteiger partial charge >= 0.3 is 0 Å². The molecule has 4 rings (SSSR count). The molecule has 1 N–H and O–H groups in total. The zero-order chi connectivity index (χ0) is 16.0. The Bertz CT molecular complexity index is 783. The van der Waals surface area contributed by atoms with E-state index in [0.717, 1.165) is 22.9 Å². The first-order chi connectivity index (χ1) is 11.2. The lowest BCUT2D eigenvalue weighted by Crippen LogP contribution is -2.30. The summed E-state index contributed by atoms with van der Waals surface area (Å²) in [6.07, 6.45) is 5.72. The highest BCUT2D eigenvalue weighted by Gasteiger charge is 2.40. The first-order valence-electron chi connectivity index (χ1n) is 8.06. The second-order valence-electron chi connectivity index (χ2n) is 6.37. The van der Waals surface area contributed by atoms with Gasteiger partial charge in [0.05, 0.1) is 18.8 Å². The number of hydrogen-bond donors (Lipinski definition) is 1. The number of benzene rings is 2. The molecular weight excluding hydrogens is 306 g/mol. The number of aryl methyl sites for hydroxylation is 1. The maximum Gasteiger partial charge on any atom is 0.142 e. The van der Waals surface area contributed by atoms with Crippen molar-refractivity contribution >= 4 is 17.3 Å². The van der Waals surface area contributed by atoms with E-state index < -0.39 is 0 Å². The summed E-state index contributed by atoms with van der Waals surface area (Å²) in [6, 6.07) is 12.5. The van der Waals surface area contributed by atoms with E-state index in [4.69, 9.17) is 16.3 Å². The van der Waals surface area contributed by atoms with Gasteiger partial charge in [0.15, 0.2) is 0 Å². The number of methoxy groups -OCH3 is 1. The highest BCUT2D eigenvalue weighted by Crippen LogP contribution is 2.53. The Morgan fingerprint density at radius 1 is 1.17 bits per heavy atom. The SMILES string of the molecule is COc1ccc(C)c2c1N[C@H](c1ccccc1Cl)[C@H]1CC=C[C@@H]21. The molecular formula is C20H20ClNO. The van der Waals surface area contributed by atoms with Crippen LogP contribution in [0, 0.1) is 12.8 Å². The molecule has 0 saturated carbocycles. The Balaban J connectivity index is 1.88. The van der Waals surface area contributed by atoms with Gasteiger partial charge in [0.2, 0.25) is 0 Å². The van der Waals surface area contributed by atoms with Gasteiger partial charge in [-0.25, -0.2) is 0 Å². The highest BCUT2D eigenvalue weighted by molar-refractivity contribution is 6.31. The summed E-state index contributed by atoms with van der Waals surface area (Å²) >= 11 is 6.49. The van der Waals surface area contributed by atoms with Crippen LogP contribution < -0.4 is 10.1 Å². The molecule has 0 aromatic heterocycles. The Kier molecular flexibility index (Phi) is 3.57. The Morgan fingerprint density at radius 2 is 2.00 bits per heavy atom. The normalized spacial score (nSPS) is 24.7. The van der Waals surface area contributed by atoms with Gasteiger partial charge in [0.1, 0.15) is 5.75 Å². The van der Waals surface area contributed by atoms with E-state index in [2.05, 4.69) is 42.6 Å². The molecule has 3 atom stereocenters. The molecule has 3 heteroatoms. The first kappa shape index (κ1) is 14.6. The average molecular weight is 326 g/mol. The number of hydrogen-bond acceptors (Lipinski definition) is 2. The lowest BCUT2D eigenvalue weighted by molar-refractivity contribution is 0.396. The molecule has 1 aliphatic carbocycles. The summed E-state index contributed by atoms with van der Waals surface area (Å²) in [5.41, 5.74) is 4.96. The fraction of sp³-hybridized carbons (Fsp3) is 0.300. The number of halogens is 1. The lowest BCUT2D eigenvalue weighted by Gasteiger charge is -2.39. The standard InChI is InChI=1S/C20H20ClNO/c1-12-10-11-17(23-2)20-18(12)13-7-5-8-14(13)19(22-20)15-6-3-4-9-16(15)21/h3-7,9-11,13-14,19,22H,8H2,1-2H3/t13-,14+,19+/m1/s1. The van der Waals surface area contributed by atoms with Gasteiger partial charge in [-0.05, 0) is 48.1 Å². The Morgan fingerprint density at radius 3 is 2.78 bits per heavy atom. The lowest BCUT2D eigenvalue weighted by atomic mass is 9.75. The van der Waals surface area contributed by atoms with Crippen LogP contribution in [0.1, 0.15) is 35.1 Å². The monoisotopic (exact) mass is 325 g/mol. The predicted octanol–water partition coefficient (Wildman–Crippen LogP) is 5.48. The van der Waals surface area contributed by atoms with Gasteiger partial charge in [0, 0.05) is 10.9 Å². The smallest absolute Gasteiger partial charge is 0.142 e. The van der Waals surface area contributed by atoms with Crippen molar-refractivity contribution in [2.75, 3.05) is 12.4 Å². The third-order valence-corrected chi connectivity index (χ3v) is 5.50. The second-order valence-corrected chi connectivity index (χ2v) is 6.78. The second kappa shape index (κ2) is 5.61. The molecule has 2 aromatic carbocycles. The van der Waals surface area contributed by atoms with E-state index in [9.17, 15) is 0 Å². The first-order valence-corrected chi connectivity index (χ1v) is 8.43. The van der Waals surface area contributed by atoms with E-state index in [0.29, 0.717) is 11.8 Å². The number of fused-ring (bicyclic) bond motifs is 3. The van der Waals surface area contributed by atoms with E-state index in [-0.39, 0.29) is 6.04 Å². The molecule has 0 bridgehead atoms. The van der Waals surface area contributed by atoms with E-state index >= 15 is 0 Å². The molecule has 1 heterocycles. The Labute approximate surface area is 142 Å². The van der Waals surface area contributed by atoms with Gasteiger partial charge in [-0.2, -0.15) is 0 Å². The van der Waals surface area contributed by atoms with Crippen LogP contribution in [-0.4, -0.2) is 7.11 Å². The summed E-state index contributed by atoms with van der Waals surface area (Å²) in [5.74, 6) is 1.82. The van der Waals surface area contributed by atoms with Crippen LogP contribution in [0.5, 0.6) is 5.75 Å². The highest BCUT2D eigenvalue weighted by atomic mass is 35.5. The van der Waals surface area contributed by atoms with Crippen molar-refractivity contribution in [1.29, 1.82) is 0 Å². The van der Waals surface area contributed by atoms with Crippen LogP contribution in [0.3, 0.4) is 0 Å². The van der Waals surface area contributed by atoms with Crippen LogP contribution in [0.25, 0.3) is 0 Å². The summed E-state index contributed by atoms with van der Waals surface area (Å²) < 4.78 is 5.61. The fourth-order valence-corrected chi connectivity index (χ4v) is 4.33. The molecule has 0 amide bonds. The van der Waals surface area contributed by atoms with Crippen molar-refractivity contribution in [3.8, 4) is 5.75 Å². The van der Waals surface area contributed by atoms with Gasteiger partial charge < -0.3 is 10.1 Å². The molecule has 1 aliphatic heterocycles. The predicted molar refractivity (Wildman–Crippen MR) is 95.5 cm³/mol. The largest absolute Gasteiger partial charge is 0.495 e. The van der Waals surface area contributed by atoms with Gasteiger partial charge in [-0.15, -0.1) is 0 Å². The van der Waals surface area contributed by atoms with Crippen LogP contribution in [0.4, 0.5) is 5.69 Å².